The zero-order valence-electron chi connectivity index (χ0n) is 5.22. The van der Waals surface area contributed by atoms with Crippen LogP contribution in [0, 0.1) is 0 Å². The molecule has 0 heterocycles. The number of alkyl halides is 1. The van der Waals surface area contributed by atoms with Gasteiger partial charge in [-0.25, -0.2) is 4.99 Å². The number of hydrogen-bond donors (Lipinski definition) is 1. The molecule has 4 heteroatoms. The minimum Gasteiger partial charge on any atom is -0.468 e. The summed E-state index contributed by atoms with van der Waals surface area (Å²) in [6, 6.07) is 0.560. The monoisotopic (exact) mass is 148 g/mol. The molecule has 0 amide bonds. The van der Waals surface area contributed by atoms with Crippen molar-refractivity contribution in [2.75, 3.05) is 13.1 Å². The highest BCUT2D eigenvalue weighted by atomic mass is 35.5. The van der Waals surface area contributed by atoms with Gasteiger partial charge in [-0.15, -0.1) is 11.6 Å². The summed E-state index contributed by atoms with van der Waals surface area (Å²) in [5.74, 6) is 0. The quantitative estimate of drug-likeness (QED) is 0.274. The summed E-state index contributed by atoms with van der Waals surface area (Å²) in [5, 5.41) is 2.64. The molecule has 3 nitrogen and oxygen atoms in total. The molecule has 0 saturated heterocycles. The van der Waals surface area contributed by atoms with Crippen LogP contribution in [0.4, 0.5) is 0 Å². The zero-order chi connectivity index (χ0) is 7.11. The molecule has 0 bridgehead atoms. The van der Waals surface area contributed by atoms with Crippen molar-refractivity contribution in [1.29, 1.82) is 0 Å². The van der Waals surface area contributed by atoms with Gasteiger partial charge in [0, 0.05) is 0 Å². The molecule has 0 aliphatic rings. The molecule has 0 fully saturated rings. The summed E-state index contributed by atoms with van der Waals surface area (Å²) in [7, 11) is 1.50. The van der Waals surface area contributed by atoms with Gasteiger partial charge in [0.05, 0.1) is 7.11 Å². The lowest BCUT2D eigenvalue weighted by molar-refractivity contribution is 0.386. The number of methoxy groups -OCH3 is 1. The van der Waals surface area contributed by atoms with Crippen molar-refractivity contribution in [2.45, 2.75) is 0 Å². The highest BCUT2D eigenvalue weighted by Gasteiger charge is 1.88. The Kier molecular flexibility index (Phi) is 5.01. The topological polar surface area (TPSA) is 33.6 Å². The van der Waals surface area contributed by atoms with Gasteiger partial charge in [0.25, 0.3) is 6.02 Å². The molecule has 1 N–H and O–H groups in total. The van der Waals surface area contributed by atoms with Gasteiger partial charge in [-0.3, -0.25) is 0 Å². The van der Waals surface area contributed by atoms with Crippen LogP contribution in [-0.2, 0) is 4.74 Å². The van der Waals surface area contributed by atoms with E-state index in [1.54, 1.807) is 0 Å². The fourth-order valence-electron chi connectivity index (χ4n) is 0.311. The van der Waals surface area contributed by atoms with E-state index in [0.717, 1.165) is 0 Å². The molecule has 52 valence electrons. The number of aliphatic imine (C=N–C) groups is 1. The molecule has 0 radical (unpaired) electrons. The van der Waals surface area contributed by atoms with Gasteiger partial charge in [-0.1, -0.05) is 6.58 Å². The highest BCUT2D eigenvalue weighted by molar-refractivity contribution is 6.18. The molecule has 0 saturated carbocycles. The SMILES string of the molecule is C=CNC(=NCCl)OC. The lowest BCUT2D eigenvalue weighted by atomic mass is 10.9. The summed E-state index contributed by atoms with van der Waals surface area (Å²) in [6.45, 7) is 3.42. The third-order valence-electron chi connectivity index (χ3n) is 0.622. The Labute approximate surface area is 59.4 Å². The van der Waals surface area contributed by atoms with E-state index in [1.807, 2.05) is 0 Å². The van der Waals surface area contributed by atoms with E-state index in [-0.39, 0.29) is 6.00 Å². The first-order valence-corrected chi connectivity index (χ1v) is 2.90. The molecule has 0 aliphatic carbocycles. The molecule has 0 aromatic carbocycles. The maximum absolute atomic E-state index is 5.27. The lowest BCUT2D eigenvalue weighted by Gasteiger charge is -2.00. The first kappa shape index (κ1) is 8.30. The van der Waals surface area contributed by atoms with Gasteiger partial charge in [0.15, 0.2) is 0 Å². The van der Waals surface area contributed by atoms with E-state index in [1.165, 1.54) is 13.3 Å². The van der Waals surface area contributed by atoms with Crippen LogP contribution in [0.25, 0.3) is 0 Å². The van der Waals surface area contributed by atoms with Crippen LogP contribution >= 0.6 is 11.6 Å². The van der Waals surface area contributed by atoms with Gasteiger partial charge in [0.1, 0.15) is 6.00 Å². The van der Waals surface area contributed by atoms with Gasteiger partial charge >= 0.3 is 0 Å². The molecule has 0 spiro atoms. The number of halogens is 1. The van der Waals surface area contributed by atoms with Crippen molar-refractivity contribution in [3.63, 3.8) is 0 Å². The van der Waals surface area contributed by atoms with Crippen LogP contribution in [0.1, 0.15) is 0 Å². The number of nitrogens with one attached hydrogen (secondary N) is 1. The smallest absolute Gasteiger partial charge is 0.289 e. The van der Waals surface area contributed by atoms with Crippen LogP contribution in [0.3, 0.4) is 0 Å². The fraction of sp³-hybridized carbons (Fsp3) is 0.400. The molecule has 0 unspecified atom stereocenters. The van der Waals surface area contributed by atoms with Crippen LogP contribution in [-0.4, -0.2) is 19.1 Å². The normalized spacial score (nSPS) is 10.7. The van der Waals surface area contributed by atoms with E-state index in [4.69, 9.17) is 16.3 Å². The van der Waals surface area contributed by atoms with E-state index < -0.39 is 0 Å². The molecule has 0 rings (SSSR count). The van der Waals surface area contributed by atoms with Gasteiger partial charge in [-0.2, -0.15) is 0 Å². The standard InChI is InChI=1S/C5H9ClN2O/c1-3-7-5(9-2)8-4-6/h3H,1,4H2,2H3,(H,7,8). The molecule has 0 aromatic rings. The Morgan fingerprint density at radius 2 is 2.67 bits per heavy atom. The van der Waals surface area contributed by atoms with Crippen LogP contribution in [0.15, 0.2) is 17.8 Å². The van der Waals surface area contributed by atoms with Gasteiger partial charge in [0.2, 0.25) is 0 Å². The second-order valence-corrected chi connectivity index (χ2v) is 1.37. The zero-order valence-corrected chi connectivity index (χ0v) is 5.98. The summed E-state index contributed by atoms with van der Waals surface area (Å²) < 4.78 is 4.71. The van der Waals surface area contributed by atoms with Crippen LogP contribution in [0.5, 0.6) is 0 Å². The maximum Gasteiger partial charge on any atom is 0.289 e. The Morgan fingerprint density at radius 3 is 3.00 bits per heavy atom. The minimum absolute atomic E-state index is 0.185. The van der Waals surface area contributed by atoms with Crippen molar-refractivity contribution >= 4 is 17.6 Å². The Hall–Kier alpha value is -0.700. The predicted octanol–water partition coefficient (Wildman–Crippen LogP) is 0.918. The fourth-order valence-corrected chi connectivity index (χ4v) is 0.419. The first-order chi connectivity index (χ1) is 4.35. The second kappa shape index (κ2) is 5.44. The molecule has 9 heavy (non-hydrogen) atoms. The third-order valence-corrected chi connectivity index (χ3v) is 0.742. The summed E-state index contributed by atoms with van der Waals surface area (Å²) in [5.41, 5.74) is 0. The van der Waals surface area contributed by atoms with Crippen molar-refractivity contribution in [3.8, 4) is 0 Å². The van der Waals surface area contributed by atoms with Crippen molar-refractivity contribution < 1.29 is 4.74 Å². The molecular weight excluding hydrogens is 140 g/mol. The second-order valence-electron chi connectivity index (χ2n) is 1.14. The van der Waals surface area contributed by atoms with E-state index in [2.05, 4.69) is 16.9 Å². The largest absolute Gasteiger partial charge is 0.468 e. The number of rotatable bonds is 2. The van der Waals surface area contributed by atoms with Crippen molar-refractivity contribution in [3.05, 3.63) is 12.8 Å². The number of amidine groups is 1. The average Bonchev–Trinajstić information content (AvgIpc) is 1.88. The van der Waals surface area contributed by atoms with Gasteiger partial charge in [-0.05, 0) is 6.20 Å². The van der Waals surface area contributed by atoms with Crippen LogP contribution in [0.2, 0.25) is 0 Å². The molecular formula is C5H9ClN2O. The Bertz CT molecular complexity index is 114. The highest BCUT2D eigenvalue weighted by Crippen LogP contribution is 1.79. The van der Waals surface area contributed by atoms with E-state index >= 15 is 0 Å². The van der Waals surface area contributed by atoms with E-state index in [0.29, 0.717) is 6.02 Å². The van der Waals surface area contributed by atoms with E-state index in [9.17, 15) is 0 Å². The Balaban J connectivity index is 3.65. The first-order valence-electron chi connectivity index (χ1n) is 2.37. The lowest BCUT2D eigenvalue weighted by Crippen LogP contribution is -2.18. The molecule has 0 aliphatic heterocycles. The molecule has 0 aromatic heterocycles. The third kappa shape index (κ3) is 3.85. The molecule has 0 atom stereocenters. The van der Waals surface area contributed by atoms with Crippen LogP contribution < -0.4 is 5.32 Å². The maximum atomic E-state index is 5.27. The number of nitrogens with zero attached hydrogens (tertiary/aromatic N) is 1. The van der Waals surface area contributed by atoms with Gasteiger partial charge < -0.3 is 10.1 Å². The minimum atomic E-state index is 0.185. The summed E-state index contributed by atoms with van der Waals surface area (Å²) in [6.07, 6.45) is 1.47. The average molecular weight is 149 g/mol. The van der Waals surface area contributed by atoms with Crippen molar-refractivity contribution in [2.24, 2.45) is 4.99 Å². The Morgan fingerprint density at radius 1 is 2.00 bits per heavy atom. The van der Waals surface area contributed by atoms with Crippen molar-refractivity contribution in [1.82, 2.24) is 5.32 Å². The number of hydrogen-bond acceptors (Lipinski definition) is 2. The summed E-state index contributed by atoms with van der Waals surface area (Å²) in [4.78, 5) is 3.71. The number of ether oxygens (including phenoxy) is 1. The predicted molar refractivity (Wildman–Crippen MR) is 38.5 cm³/mol. The summed E-state index contributed by atoms with van der Waals surface area (Å²) >= 11 is 5.27.